The highest BCUT2D eigenvalue weighted by Crippen LogP contribution is 2.28. The molecule has 174 valence electrons. The van der Waals surface area contributed by atoms with Gasteiger partial charge in [0.15, 0.2) is 9.84 Å². The second-order valence-electron chi connectivity index (χ2n) is 8.57. The number of sulfonamides is 1. The van der Waals surface area contributed by atoms with Crippen LogP contribution in [0.5, 0.6) is 0 Å². The molecular formula is C21H28N4O5S2. The average molecular weight is 481 g/mol. The maximum atomic E-state index is 13.1. The van der Waals surface area contributed by atoms with Gasteiger partial charge in [0.2, 0.25) is 10.0 Å². The third kappa shape index (κ3) is 4.60. The van der Waals surface area contributed by atoms with E-state index in [1.165, 1.54) is 16.4 Å². The average Bonchev–Trinajstić information content (AvgIpc) is 3.29. The Kier molecular flexibility index (Phi) is 6.17. The fourth-order valence-electron chi connectivity index (χ4n) is 4.30. The lowest BCUT2D eigenvalue weighted by Gasteiger charge is -2.26. The van der Waals surface area contributed by atoms with Crippen LogP contribution in [0.1, 0.15) is 53.3 Å². The highest BCUT2D eigenvalue weighted by atomic mass is 32.2. The zero-order chi connectivity index (χ0) is 23.1. The van der Waals surface area contributed by atoms with Crippen molar-refractivity contribution in [1.29, 1.82) is 0 Å². The number of nitrogens with one attached hydrogen (secondary N) is 1. The fourth-order valence-corrected chi connectivity index (χ4v) is 7.54. The number of rotatable bonds is 5. The van der Waals surface area contributed by atoms with Gasteiger partial charge < -0.3 is 5.32 Å². The molecular weight excluding hydrogens is 452 g/mol. The monoisotopic (exact) mass is 480 g/mol. The predicted octanol–water partition coefficient (Wildman–Crippen LogP) is 2.29. The zero-order valence-electron chi connectivity index (χ0n) is 18.2. The number of nitrogens with zero attached hydrogens (tertiary/aromatic N) is 3. The Morgan fingerprint density at radius 2 is 1.84 bits per heavy atom. The Morgan fingerprint density at radius 1 is 1.12 bits per heavy atom. The second-order valence-corrected chi connectivity index (χ2v) is 12.7. The van der Waals surface area contributed by atoms with Crippen molar-refractivity contribution in [2.75, 3.05) is 29.9 Å². The topological polar surface area (TPSA) is 118 Å². The number of hydrogen-bond donors (Lipinski definition) is 1. The minimum absolute atomic E-state index is 0.0143. The summed E-state index contributed by atoms with van der Waals surface area (Å²) >= 11 is 0. The van der Waals surface area contributed by atoms with Gasteiger partial charge in [-0.2, -0.15) is 9.40 Å². The van der Waals surface area contributed by atoms with Crippen molar-refractivity contribution in [3.63, 3.8) is 0 Å². The quantitative estimate of drug-likeness (QED) is 0.701. The lowest BCUT2D eigenvalue weighted by molar-refractivity contribution is 0.102. The molecule has 2 aromatic rings. The summed E-state index contributed by atoms with van der Waals surface area (Å²) in [6.45, 7) is 4.49. The minimum Gasteiger partial charge on any atom is -0.307 e. The van der Waals surface area contributed by atoms with Crippen molar-refractivity contribution in [1.82, 2.24) is 14.1 Å². The van der Waals surface area contributed by atoms with Gasteiger partial charge >= 0.3 is 0 Å². The molecule has 3 heterocycles. The Labute approximate surface area is 188 Å². The summed E-state index contributed by atoms with van der Waals surface area (Å²) in [4.78, 5) is 13.2. The molecule has 0 bridgehead atoms. The van der Waals surface area contributed by atoms with E-state index in [2.05, 4.69) is 10.4 Å². The molecule has 2 saturated heterocycles. The molecule has 9 nitrogen and oxygen atoms in total. The maximum absolute atomic E-state index is 13.1. The van der Waals surface area contributed by atoms with Gasteiger partial charge in [-0.3, -0.25) is 4.79 Å². The van der Waals surface area contributed by atoms with E-state index in [9.17, 15) is 21.6 Å². The smallest absolute Gasteiger partial charge is 0.257 e. The molecule has 1 aromatic heterocycles. The Hall–Kier alpha value is -2.24. The molecule has 1 amide bonds. The number of aryl methyl sites for hydroxylation is 2. The third-order valence-corrected chi connectivity index (χ3v) is 9.71. The Balaban J connectivity index is 1.60. The van der Waals surface area contributed by atoms with E-state index in [4.69, 9.17) is 0 Å². The number of amides is 1. The maximum Gasteiger partial charge on any atom is 0.257 e. The zero-order valence-corrected chi connectivity index (χ0v) is 19.9. The Bertz CT molecular complexity index is 1240. The van der Waals surface area contributed by atoms with Crippen LogP contribution in [0.2, 0.25) is 0 Å². The van der Waals surface area contributed by atoms with Gasteiger partial charge in [0.05, 0.1) is 28.1 Å². The highest BCUT2D eigenvalue weighted by Gasteiger charge is 2.32. The molecule has 1 atom stereocenters. The number of benzene rings is 1. The summed E-state index contributed by atoms with van der Waals surface area (Å²) in [5.74, 6) is 0.0254. The molecule has 2 fully saturated rings. The van der Waals surface area contributed by atoms with Crippen LogP contribution in [0.15, 0.2) is 29.2 Å². The molecule has 1 aromatic carbocycles. The van der Waals surface area contributed by atoms with Gasteiger partial charge in [-0.1, -0.05) is 12.5 Å². The van der Waals surface area contributed by atoms with Crippen LogP contribution in [-0.2, 0) is 19.9 Å². The molecule has 0 radical (unpaired) electrons. The van der Waals surface area contributed by atoms with Crippen molar-refractivity contribution in [2.45, 2.75) is 50.5 Å². The van der Waals surface area contributed by atoms with E-state index in [1.54, 1.807) is 30.7 Å². The first kappa shape index (κ1) is 22.9. The van der Waals surface area contributed by atoms with E-state index in [1.807, 2.05) is 0 Å². The first-order valence-corrected chi connectivity index (χ1v) is 14.0. The van der Waals surface area contributed by atoms with Crippen LogP contribution in [0.25, 0.3) is 0 Å². The minimum atomic E-state index is -3.67. The van der Waals surface area contributed by atoms with Crippen molar-refractivity contribution in [2.24, 2.45) is 0 Å². The number of carbonyl (C=O) groups is 1. The summed E-state index contributed by atoms with van der Waals surface area (Å²) in [5, 5.41) is 7.19. The van der Waals surface area contributed by atoms with Crippen molar-refractivity contribution < 1.29 is 21.6 Å². The van der Waals surface area contributed by atoms with Crippen molar-refractivity contribution >= 4 is 31.6 Å². The van der Waals surface area contributed by atoms with Gasteiger partial charge in [-0.05, 0) is 50.8 Å². The molecule has 0 saturated carbocycles. The molecule has 4 rings (SSSR count). The first-order chi connectivity index (χ1) is 15.1. The number of anilines is 1. The standard InChI is InChI=1S/C21H28N4O5S2/c1-15-6-7-18(32(29,30)24-9-4-3-5-10-24)13-19(15)21(26)22-20-12-16(2)23-25(20)17-8-11-31(27,28)14-17/h6-7,12-13,17H,3-5,8-11,14H2,1-2H3,(H,22,26). The molecule has 0 aliphatic carbocycles. The van der Waals surface area contributed by atoms with Crippen LogP contribution in [0.4, 0.5) is 5.82 Å². The summed E-state index contributed by atoms with van der Waals surface area (Å²) in [6, 6.07) is 5.94. The van der Waals surface area contributed by atoms with E-state index in [0.717, 1.165) is 19.3 Å². The van der Waals surface area contributed by atoms with E-state index < -0.39 is 25.8 Å². The molecule has 11 heteroatoms. The lowest BCUT2D eigenvalue weighted by atomic mass is 10.1. The van der Waals surface area contributed by atoms with Gasteiger partial charge in [0, 0.05) is 24.7 Å². The number of hydrogen-bond acceptors (Lipinski definition) is 6. The van der Waals surface area contributed by atoms with Crippen LogP contribution in [0, 0.1) is 13.8 Å². The molecule has 1 unspecified atom stereocenters. The SMILES string of the molecule is Cc1cc(NC(=O)c2cc(S(=O)(=O)N3CCCCC3)ccc2C)n(C2CCS(=O)(=O)C2)n1. The number of sulfone groups is 1. The summed E-state index contributed by atoms with van der Waals surface area (Å²) < 4.78 is 52.9. The van der Waals surface area contributed by atoms with Crippen molar-refractivity contribution in [3.8, 4) is 0 Å². The van der Waals surface area contributed by atoms with Crippen LogP contribution in [0.3, 0.4) is 0 Å². The largest absolute Gasteiger partial charge is 0.307 e. The van der Waals surface area contributed by atoms with E-state index in [-0.39, 0.29) is 28.0 Å². The number of carbonyl (C=O) groups excluding carboxylic acids is 1. The highest BCUT2D eigenvalue weighted by molar-refractivity contribution is 7.91. The fraction of sp³-hybridized carbons (Fsp3) is 0.524. The molecule has 1 N–H and O–H groups in total. The molecule has 32 heavy (non-hydrogen) atoms. The summed E-state index contributed by atoms with van der Waals surface area (Å²) in [5.41, 5.74) is 1.56. The first-order valence-electron chi connectivity index (χ1n) is 10.8. The molecule has 2 aliphatic rings. The Morgan fingerprint density at radius 3 is 2.50 bits per heavy atom. The summed E-state index contributed by atoms with van der Waals surface area (Å²) in [6.07, 6.45) is 3.12. The van der Waals surface area contributed by atoms with Gasteiger partial charge in [-0.15, -0.1) is 0 Å². The van der Waals surface area contributed by atoms with Crippen molar-refractivity contribution in [3.05, 3.63) is 41.1 Å². The van der Waals surface area contributed by atoms with Crippen LogP contribution in [-0.4, -0.2) is 61.4 Å². The second kappa shape index (κ2) is 8.60. The van der Waals surface area contributed by atoms with Gasteiger partial charge in [0.1, 0.15) is 5.82 Å². The van der Waals surface area contributed by atoms with Gasteiger partial charge in [-0.25, -0.2) is 21.5 Å². The predicted molar refractivity (Wildman–Crippen MR) is 121 cm³/mol. The lowest BCUT2D eigenvalue weighted by Crippen LogP contribution is -2.35. The van der Waals surface area contributed by atoms with E-state index in [0.29, 0.717) is 36.6 Å². The van der Waals surface area contributed by atoms with Crippen LogP contribution >= 0.6 is 0 Å². The molecule has 0 spiro atoms. The number of aromatic nitrogens is 2. The van der Waals surface area contributed by atoms with Gasteiger partial charge in [0.25, 0.3) is 5.91 Å². The number of piperidine rings is 1. The molecule has 2 aliphatic heterocycles. The third-order valence-electron chi connectivity index (χ3n) is 6.06. The normalized spacial score (nSPS) is 21.5. The summed E-state index contributed by atoms with van der Waals surface area (Å²) in [7, 11) is -6.78. The van der Waals surface area contributed by atoms with Crippen LogP contribution < -0.4 is 5.32 Å². The van der Waals surface area contributed by atoms with E-state index >= 15 is 0 Å².